The van der Waals surface area contributed by atoms with Crippen LogP contribution >= 0.6 is 0 Å². The lowest BCUT2D eigenvalue weighted by Crippen LogP contribution is -2.37. The van der Waals surface area contributed by atoms with Crippen molar-refractivity contribution in [2.45, 2.75) is 40.2 Å². The smallest absolute Gasteiger partial charge is 0.127 e. The number of carbonyl (C=O) groups excluding carboxylic acids is 1. The normalized spacial score (nSPS) is 12.0. The molecule has 0 atom stereocenters. The number of nitrogens with zero attached hydrogens (tertiary/aromatic N) is 1. The first kappa shape index (κ1) is 14.0. The van der Waals surface area contributed by atoms with Crippen molar-refractivity contribution in [3.05, 3.63) is 24.2 Å². The monoisotopic (exact) mass is 237 g/mol. The Kier molecular flexibility index (Phi) is 5.42. The molecule has 0 spiro atoms. The lowest BCUT2D eigenvalue weighted by molar-refractivity contribution is -0.117. The third kappa shape index (κ3) is 3.70. The van der Waals surface area contributed by atoms with Crippen molar-refractivity contribution in [2.24, 2.45) is 5.41 Å². The van der Waals surface area contributed by atoms with Gasteiger partial charge < -0.3 is 9.21 Å². The van der Waals surface area contributed by atoms with E-state index >= 15 is 0 Å². The number of aldehydes is 1. The van der Waals surface area contributed by atoms with Crippen LogP contribution in [0.3, 0.4) is 0 Å². The van der Waals surface area contributed by atoms with Crippen LogP contribution in [0.1, 0.15) is 39.4 Å². The zero-order chi connectivity index (χ0) is 12.7. The van der Waals surface area contributed by atoms with E-state index < -0.39 is 0 Å². The molecule has 0 aromatic carbocycles. The second-order valence-corrected chi connectivity index (χ2v) is 4.57. The van der Waals surface area contributed by atoms with Crippen LogP contribution in [0, 0.1) is 5.41 Å². The van der Waals surface area contributed by atoms with Gasteiger partial charge in [-0.1, -0.05) is 20.8 Å². The van der Waals surface area contributed by atoms with Crippen LogP contribution in [0.15, 0.2) is 22.8 Å². The van der Waals surface area contributed by atoms with Crippen molar-refractivity contribution in [3.63, 3.8) is 0 Å². The lowest BCUT2D eigenvalue weighted by atomic mass is 9.83. The van der Waals surface area contributed by atoms with Gasteiger partial charge in [-0.3, -0.25) is 4.90 Å². The fourth-order valence-electron chi connectivity index (χ4n) is 2.03. The first-order valence-electron chi connectivity index (χ1n) is 6.40. The maximum atomic E-state index is 11.3. The van der Waals surface area contributed by atoms with Gasteiger partial charge in [-0.2, -0.15) is 0 Å². The fourth-order valence-corrected chi connectivity index (χ4v) is 2.03. The second kappa shape index (κ2) is 6.60. The summed E-state index contributed by atoms with van der Waals surface area (Å²) in [6, 6.07) is 3.87. The van der Waals surface area contributed by atoms with Gasteiger partial charge in [0.25, 0.3) is 0 Å². The van der Waals surface area contributed by atoms with Gasteiger partial charge in [-0.25, -0.2) is 0 Å². The Labute approximate surface area is 104 Å². The first-order valence-corrected chi connectivity index (χ1v) is 6.40. The molecule has 0 radical (unpaired) electrons. The van der Waals surface area contributed by atoms with Crippen LogP contribution in [-0.2, 0) is 11.3 Å². The van der Waals surface area contributed by atoms with Gasteiger partial charge in [-0.05, 0) is 31.5 Å². The molecule has 3 heteroatoms. The summed E-state index contributed by atoms with van der Waals surface area (Å²) in [6.07, 6.45) is 4.59. The molecule has 1 rings (SSSR count). The van der Waals surface area contributed by atoms with E-state index in [1.807, 2.05) is 12.1 Å². The summed E-state index contributed by atoms with van der Waals surface area (Å²) < 4.78 is 5.35. The van der Waals surface area contributed by atoms with Crippen molar-refractivity contribution < 1.29 is 9.21 Å². The molecular weight excluding hydrogens is 214 g/mol. The van der Waals surface area contributed by atoms with E-state index in [0.717, 1.165) is 44.5 Å². The third-order valence-corrected chi connectivity index (χ3v) is 3.60. The zero-order valence-corrected chi connectivity index (χ0v) is 11.1. The van der Waals surface area contributed by atoms with Gasteiger partial charge in [0.2, 0.25) is 0 Å². The summed E-state index contributed by atoms with van der Waals surface area (Å²) in [7, 11) is 0. The van der Waals surface area contributed by atoms with E-state index in [-0.39, 0.29) is 5.41 Å². The molecule has 3 nitrogen and oxygen atoms in total. The molecule has 0 aliphatic rings. The van der Waals surface area contributed by atoms with E-state index in [1.165, 1.54) is 0 Å². The van der Waals surface area contributed by atoms with E-state index in [9.17, 15) is 4.79 Å². The Hall–Kier alpha value is -1.09. The highest BCUT2D eigenvalue weighted by atomic mass is 16.3. The van der Waals surface area contributed by atoms with Crippen molar-refractivity contribution >= 4 is 6.29 Å². The number of hydrogen-bond donors (Lipinski definition) is 0. The molecule has 0 saturated heterocycles. The average Bonchev–Trinajstić information content (AvgIpc) is 2.87. The molecule has 1 aromatic heterocycles. The minimum absolute atomic E-state index is 0.206. The number of furan rings is 1. The Morgan fingerprint density at radius 1 is 1.35 bits per heavy atom. The lowest BCUT2D eigenvalue weighted by Gasteiger charge is -2.31. The maximum absolute atomic E-state index is 11.3. The predicted molar refractivity (Wildman–Crippen MR) is 68.7 cm³/mol. The van der Waals surface area contributed by atoms with E-state index in [0.29, 0.717) is 0 Å². The Morgan fingerprint density at radius 3 is 2.47 bits per heavy atom. The van der Waals surface area contributed by atoms with Crippen molar-refractivity contribution in [1.82, 2.24) is 4.90 Å². The Morgan fingerprint density at radius 2 is 2.06 bits per heavy atom. The van der Waals surface area contributed by atoms with Crippen LogP contribution in [0.5, 0.6) is 0 Å². The van der Waals surface area contributed by atoms with Crippen LogP contribution in [0.2, 0.25) is 0 Å². The molecule has 0 aliphatic heterocycles. The van der Waals surface area contributed by atoms with Crippen LogP contribution in [-0.4, -0.2) is 24.3 Å². The summed E-state index contributed by atoms with van der Waals surface area (Å²) in [5, 5.41) is 0. The standard InChI is InChI=1S/C14H23NO2/c1-4-14(5-2,12-16)11-15(6-3)10-13-8-7-9-17-13/h7-9,12H,4-6,10-11H2,1-3H3. The molecular formula is C14H23NO2. The highest BCUT2D eigenvalue weighted by Gasteiger charge is 2.28. The van der Waals surface area contributed by atoms with Gasteiger partial charge in [0, 0.05) is 12.0 Å². The van der Waals surface area contributed by atoms with Crippen LogP contribution < -0.4 is 0 Å². The summed E-state index contributed by atoms with van der Waals surface area (Å²) in [4.78, 5) is 13.6. The average molecular weight is 237 g/mol. The Bertz CT molecular complexity index is 315. The summed E-state index contributed by atoms with van der Waals surface area (Å²) >= 11 is 0. The third-order valence-electron chi connectivity index (χ3n) is 3.60. The number of carbonyl (C=O) groups is 1. The predicted octanol–water partition coefficient (Wildman–Crippen LogP) is 3.11. The van der Waals surface area contributed by atoms with Crippen LogP contribution in [0.4, 0.5) is 0 Å². The summed E-state index contributed by atoms with van der Waals surface area (Å²) in [6.45, 7) is 8.79. The molecule has 0 aliphatic carbocycles. The SMILES string of the molecule is CCN(Cc1ccco1)CC(C=O)(CC)CC. The van der Waals surface area contributed by atoms with Gasteiger partial charge >= 0.3 is 0 Å². The number of rotatable bonds is 8. The van der Waals surface area contributed by atoms with Crippen molar-refractivity contribution in [3.8, 4) is 0 Å². The Balaban J connectivity index is 2.65. The van der Waals surface area contributed by atoms with E-state index in [2.05, 4.69) is 25.7 Å². The second-order valence-electron chi connectivity index (χ2n) is 4.57. The van der Waals surface area contributed by atoms with Gasteiger partial charge in [0.15, 0.2) is 0 Å². The minimum Gasteiger partial charge on any atom is -0.468 e. The quantitative estimate of drug-likeness (QED) is 0.651. The van der Waals surface area contributed by atoms with E-state index in [1.54, 1.807) is 6.26 Å². The van der Waals surface area contributed by atoms with Gasteiger partial charge in [-0.15, -0.1) is 0 Å². The minimum atomic E-state index is -0.206. The van der Waals surface area contributed by atoms with Crippen molar-refractivity contribution in [2.75, 3.05) is 13.1 Å². The summed E-state index contributed by atoms with van der Waals surface area (Å²) in [5.74, 6) is 0.957. The maximum Gasteiger partial charge on any atom is 0.127 e. The van der Waals surface area contributed by atoms with Crippen molar-refractivity contribution in [1.29, 1.82) is 0 Å². The molecule has 0 fully saturated rings. The van der Waals surface area contributed by atoms with Gasteiger partial charge in [0.1, 0.15) is 12.0 Å². The summed E-state index contributed by atoms with van der Waals surface area (Å²) in [5.41, 5.74) is -0.206. The van der Waals surface area contributed by atoms with E-state index in [4.69, 9.17) is 4.42 Å². The molecule has 0 saturated carbocycles. The zero-order valence-electron chi connectivity index (χ0n) is 11.1. The highest BCUT2D eigenvalue weighted by Crippen LogP contribution is 2.25. The first-order chi connectivity index (χ1) is 8.19. The van der Waals surface area contributed by atoms with Crippen LogP contribution in [0.25, 0.3) is 0 Å². The van der Waals surface area contributed by atoms with Gasteiger partial charge in [0.05, 0.1) is 12.8 Å². The molecule has 0 bridgehead atoms. The topological polar surface area (TPSA) is 33.5 Å². The molecule has 0 N–H and O–H groups in total. The number of hydrogen-bond acceptors (Lipinski definition) is 3. The fraction of sp³-hybridized carbons (Fsp3) is 0.643. The molecule has 0 unspecified atom stereocenters. The highest BCUT2D eigenvalue weighted by molar-refractivity contribution is 5.59. The molecule has 17 heavy (non-hydrogen) atoms. The largest absolute Gasteiger partial charge is 0.468 e. The molecule has 0 amide bonds. The molecule has 1 heterocycles. The molecule has 96 valence electrons. The molecule has 1 aromatic rings.